The Morgan fingerprint density at radius 3 is 2.41 bits per heavy atom. The minimum absolute atomic E-state index is 0.228. The number of nitrogens with zero attached hydrogens (tertiary/aromatic N) is 1. The van der Waals surface area contributed by atoms with Crippen molar-refractivity contribution < 1.29 is 19.4 Å². The van der Waals surface area contributed by atoms with E-state index in [-0.39, 0.29) is 6.54 Å². The molecule has 6 heteroatoms. The maximum absolute atomic E-state index is 11.7. The SMILES string of the molecule is CC(C)(C)OC(=O)N1CC[C@H](C(=O)O)[C@H](N)C1. The molecule has 3 N–H and O–H groups in total. The van der Waals surface area contributed by atoms with E-state index >= 15 is 0 Å². The van der Waals surface area contributed by atoms with Crippen molar-refractivity contribution in [1.29, 1.82) is 0 Å². The lowest BCUT2D eigenvalue weighted by Gasteiger charge is -2.35. The highest BCUT2D eigenvalue weighted by atomic mass is 16.6. The monoisotopic (exact) mass is 244 g/mol. The molecule has 2 atom stereocenters. The second-order valence-corrected chi connectivity index (χ2v) is 5.32. The van der Waals surface area contributed by atoms with Gasteiger partial charge in [0.25, 0.3) is 0 Å². The molecule has 1 aliphatic heterocycles. The van der Waals surface area contributed by atoms with Crippen LogP contribution in [0.2, 0.25) is 0 Å². The number of piperidine rings is 1. The van der Waals surface area contributed by atoms with Crippen LogP contribution in [0, 0.1) is 5.92 Å². The number of amides is 1. The van der Waals surface area contributed by atoms with E-state index in [1.165, 1.54) is 4.90 Å². The average Bonchev–Trinajstić information content (AvgIpc) is 2.14. The predicted octanol–water partition coefficient (Wildman–Crippen LogP) is 0.655. The van der Waals surface area contributed by atoms with Gasteiger partial charge in [-0.15, -0.1) is 0 Å². The van der Waals surface area contributed by atoms with Crippen LogP contribution in [0.5, 0.6) is 0 Å². The lowest BCUT2D eigenvalue weighted by Crippen LogP contribution is -2.53. The molecule has 1 aliphatic rings. The summed E-state index contributed by atoms with van der Waals surface area (Å²) in [4.78, 5) is 24.1. The summed E-state index contributed by atoms with van der Waals surface area (Å²) in [5, 5.41) is 8.91. The third-order valence-corrected chi connectivity index (χ3v) is 2.63. The largest absolute Gasteiger partial charge is 0.481 e. The summed E-state index contributed by atoms with van der Waals surface area (Å²) in [6.45, 7) is 5.96. The first kappa shape index (κ1) is 13.8. The number of aliphatic carboxylic acids is 1. The maximum atomic E-state index is 11.7. The van der Waals surface area contributed by atoms with Gasteiger partial charge >= 0.3 is 12.1 Å². The number of likely N-dealkylation sites (tertiary alicyclic amines) is 1. The lowest BCUT2D eigenvalue weighted by molar-refractivity contribution is -0.144. The van der Waals surface area contributed by atoms with Crippen molar-refractivity contribution in [2.45, 2.75) is 38.8 Å². The van der Waals surface area contributed by atoms with E-state index in [0.29, 0.717) is 13.0 Å². The minimum atomic E-state index is -0.902. The van der Waals surface area contributed by atoms with Crippen LogP contribution in [-0.4, -0.2) is 46.8 Å². The molecule has 6 nitrogen and oxygen atoms in total. The van der Waals surface area contributed by atoms with Crippen molar-refractivity contribution in [2.75, 3.05) is 13.1 Å². The summed E-state index contributed by atoms with van der Waals surface area (Å²) in [5.74, 6) is -1.48. The van der Waals surface area contributed by atoms with Gasteiger partial charge in [-0.2, -0.15) is 0 Å². The second kappa shape index (κ2) is 4.91. The Balaban J connectivity index is 2.55. The van der Waals surface area contributed by atoms with Crippen molar-refractivity contribution in [3.8, 4) is 0 Å². The summed E-state index contributed by atoms with van der Waals surface area (Å²) in [6.07, 6.45) is -0.0628. The first-order valence-electron chi connectivity index (χ1n) is 5.67. The summed E-state index contributed by atoms with van der Waals surface area (Å²) in [6, 6.07) is -0.534. The number of ether oxygens (including phenoxy) is 1. The molecule has 1 amide bonds. The van der Waals surface area contributed by atoms with Crippen LogP contribution in [-0.2, 0) is 9.53 Å². The number of carbonyl (C=O) groups excluding carboxylic acids is 1. The normalized spacial score (nSPS) is 25.5. The first-order chi connectivity index (χ1) is 7.70. The Hall–Kier alpha value is -1.30. The van der Waals surface area contributed by atoms with Gasteiger partial charge in [0, 0.05) is 19.1 Å². The number of carbonyl (C=O) groups is 2. The summed E-state index contributed by atoms with van der Waals surface area (Å²) < 4.78 is 5.21. The predicted molar refractivity (Wildman–Crippen MR) is 61.5 cm³/mol. The molecule has 98 valence electrons. The second-order valence-electron chi connectivity index (χ2n) is 5.32. The molecule has 0 spiro atoms. The van der Waals surface area contributed by atoms with E-state index in [0.717, 1.165) is 0 Å². The van der Waals surface area contributed by atoms with Crippen LogP contribution in [0.25, 0.3) is 0 Å². The number of hydrogen-bond acceptors (Lipinski definition) is 4. The van der Waals surface area contributed by atoms with Crippen LogP contribution in [0.15, 0.2) is 0 Å². The Morgan fingerprint density at radius 1 is 1.41 bits per heavy atom. The van der Waals surface area contributed by atoms with Gasteiger partial charge in [-0.25, -0.2) is 4.79 Å². The Kier molecular flexibility index (Phi) is 3.98. The van der Waals surface area contributed by atoms with Crippen LogP contribution in [0.3, 0.4) is 0 Å². The van der Waals surface area contributed by atoms with E-state index in [1.807, 2.05) is 0 Å². The van der Waals surface area contributed by atoms with Gasteiger partial charge in [0.1, 0.15) is 5.60 Å². The van der Waals surface area contributed by atoms with Gasteiger partial charge in [-0.05, 0) is 27.2 Å². The number of hydrogen-bond donors (Lipinski definition) is 2. The molecule has 1 fully saturated rings. The summed E-state index contributed by atoms with van der Waals surface area (Å²) in [5.41, 5.74) is 5.19. The third kappa shape index (κ3) is 3.89. The molecule has 1 saturated heterocycles. The molecular weight excluding hydrogens is 224 g/mol. The molecular formula is C11H20N2O4. The zero-order chi connectivity index (χ0) is 13.2. The standard InChI is InChI=1S/C11H20N2O4/c1-11(2,3)17-10(16)13-5-4-7(9(14)15)8(12)6-13/h7-8H,4-6,12H2,1-3H3,(H,14,15)/t7-,8+/m0/s1. The molecule has 0 aliphatic carbocycles. The minimum Gasteiger partial charge on any atom is -0.481 e. The Morgan fingerprint density at radius 2 is 2.00 bits per heavy atom. The molecule has 0 bridgehead atoms. The molecule has 1 rings (SSSR count). The third-order valence-electron chi connectivity index (χ3n) is 2.63. The molecule has 0 aromatic rings. The Bertz CT molecular complexity index is 311. The quantitative estimate of drug-likeness (QED) is 0.706. The topological polar surface area (TPSA) is 92.9 Å². The Labute approximate surface area is 101 Å². The zero-order valence-electron chi connectivity index (χ0n) is 10.5. The fraction of sp³-hybridized carbons (Fsp3) is 0.818. The van der Waals surface area contributed by atoms with Gasteiger partial charge < -0.3 is 20.5 Å². The van der Waals surface area contributed by atoms with Crippen LogP contribution in [0.4, 0.5) is 4.79 Å². The van der Waals surface area contributed by atoms with Crippen molar-refractivity contribution in [3.05, 3.63) is 0 Å². The number of nitrogens with two attached hydrogens (primary N) is 1. The van der Waals surface area contributed by atoms with Crippen LogP contribution < -0.4 is 5.73 Å². The fourth-order valence-corrected chi connectivity index (χ4v) is 1.78. The van der Waals surface area contributed by atoms with Crippen molar-refractivity contribution >= 4 is 12.1 Å². The van der Waals surface area contributed by atoms with Gasteiger partial charge in [0.15, 0.2) is 0 Å². The highest BCUT2D eigenvalue weighted by Crippen LogP contribution is 2.19. The molecule has 0 aromatic heterocycles. The number of rotatable bonds is 1. The van der Waals surface area contributed by atoms with Gasteiger partial charge in [0.2, 0.25) is 0 Å². The van der Waals surface area contributed by atoms with Crippen LogP contribution in [0.1, 0.15) is 27.2 Å². The molecule has 0 aromatic carbocycles. The van der Waals surface area contributed by atoms with E-state index < -0.39 is 29.6 Å². The smallest absolute Gasteiger partial charge is 0.410 e. The first-order valence-corrected chi connectivity index (χ1v) is 5.67. The van der Waals surface area contributed by atoms with E-state index in [9.17, 15) is 9.59 Å². The number of carboxylic acids is 1. The van der Waals surface area contributed by atoms with Gasteiger partial charge in [-0.1, -0.05) is 0 Å². The maximum Gasteiger partial charge on any atom is 0.410 e. The van der Waals surface area contributed by atoms with Crippen molar-refractivity contribution in [2.24, 2.45) is 11.7 Å². The van der Waals surface area contributed by atoms with Crippen LogP contribution >= 0.6 is 0 Å². The van der Waals surface area contributed by atoms with Gasteiger partial charge in [0.05, 0.1) is 5.92 Å². The summed E-state index contributed by atoms with van der Waals surface area (Å²) in [7, 11) is 0. The fourth-order valence-electron chi connectivity index (χ4n) is 1.78. The highest BCUT2D eigenvalue weighted by molar-refractivity contribution is 5.72. The molecule has 0 radical (unpaired) electrons. The summed E-state index contributed by atoms with van der Waals surface area (Å²) >= 11 is 0. The van der Waals surface area contributed by atoms with E-state index in [2.05, 4.69) is 0 Å². The van der Waals surface area contributed by atoms with E-state index in [1.54, 1.807) is 20.8 Å². The van der Waals surface area contributed by atoms with E-state index in [4.69, 9.17) is 15.6 Å². The molecule has 1 heterocycles. The van der Waals surface area contributed by atoms with Crippen molar-refractivity contribution in [1.82, 2.24) is 4.90 Å². The number of carboxylic acid groups (broad SMARTS) is 1. The highest BCUT2D eigenvalue weighted by Gasteiger charge is 2.35. The van der Waals surface area contributed by atoms with Gasteiger partial charge in [-0.3, -0.25) is 4.79 Å². The lowest BCUT2D eigenvalue weighted by atomic mass is 9.93. The molecule has 17 heavy (non-hydrogen) atoms. The average molecular weight is 244 g/mol. The zero-order valence-corrected chi connectivity index (χ0v) is 10.5. The molecule has 0 saturated carbocycles. The molecule has 0 unspecified atom stereocenters. The van der Waals surface area contributed by atoms with Crippen molar-refractivity contribution in [3.63, 3.8) is 0 Å².